The van der Waals surface area contributed by atoms with Gasteiger partial charge in [-0.1, -0.05) is 6.92 Å². The fourth-order valence-corrected chi connectivity index (χ4v) is 1.13. The van der Waals surface area contributed by atoms with Gasteiger partial charge in [0.15, 0.2) is 5.82 Å². The summed E-state index contributed by atoms with van der Waals surface area (Å²) in [6, 6.07) is 0. The number of hydrogen-bond donors (Lipinski definition) is 1. The lowest BCUT2D eigenvalue weighted by atomic mass is 10.4. The first-order chi connectivity index (χ1) is 5.83. The molecule has 0 fully saturated rings. The van der Waals surface area contributed by atoms with E-state index >= 15 is 0 Å². The van der Waals surface area contributed by atoms with Crippen molar-refractivity contribution in [3.05, 3.63) is 18.2 Å². The summed E-state index contributed by atoms with van der Waals surface area (Å²) in [5, 5.41) is 7.88. The van der Waals surface area contributed by atoms with Crippen LogP contribution >= 0.6 is 0 Å². The Bertz CT molecular complexity index is 405. The molecule has 0 saturated heterocycles. The Balaban J connectivity index is 2.80. The Hall–Kier alpha value is -1.65. The number of aryl methyl sites for hydroxylation is 1. The monoisotopic (exact) mass is 163 g/mol. The summed E-state index contributed by atoms with van der Waals surface area (Å²) in [7, 11) is 0. The Morgan fingerprint density at radius 1 is 1.50 bits per heavy atom. The first-order valence-corrected chi connectivity index (χ1v) is 3.77. The Labute approximate surface area is 69.2 Å². The second-order valence-corrected chi connectivity index (χ2v) is 2.48. The lowest BCUT2D eigenvalue weighted by Gasteiger charge is -1.96. The van der Waals surface area contributed by atoms with Crippen LogP contribution in [0.3, 0.4) is 0 Å². The van der Waals surface area contributed by atoms with Gasteiger partial charge in [0.1, 0.15) is 5.82 Å². The molecule has 2 heterocycles. The van der Waals surface area contributed by atoms with Gasteiger partial charge < -0.3 is 5.73 Å². The minimum atomic E-state index is 0.421. The van der Waals surface area contributed by atoms with Gasteiger partial charge >= 0.3 is 0 Å². The Morgan fingerprint density at radius 3 is 3.08 bits per heavy atom. The van der Waals surface area contributed by atoms with E-state index in [2.05, 4.69) is 15.2 Å². The number of hydrogen-bond acceptors (Lipinski definition) is 4. The van der Waals surface area contributed by atoms with Gasteiger partial charge in [0.25, 0.3) is 0 Å². The molecule has 0 amide bonds. The van der Waals surface area contributed by atoms with Crippen LogP contribution in [0.15, 0.2) is 12.4 Å². The zero-order valence-corrected chi connectivity index (χ0v) is 6.73. The minimum absolute atomic E-state index is 0.421. The highest BCUT2D eigenvalue weighted by Gasteiger charge is 2.04. The summed E-state index contributed by atoms with van der Waals surface area (Å²) >= 11 is 0. The maximum atomic E-state index is 5.59. The van der Waals surface area contributed by atoms with Crippen LogP contribution in [0.2, 0.25) is 0 Å². The molecule has 5 heteroatoms. The van der Waals surface area contributed by atoms with Crippen molar-refractivity contribution in [1.29, 1.82) is 0 Å². The highest BCUT2D eigenvalue weighted by Crippen LogP contribution is 2.08. The highest BCUT2D eigenvalue weighted by molar-refractivity contribution is 5.58. The van der Waals surface area contributed by atoms with E-state index in [1.165, 1.54) is 0 Å². The zero-order valence-electron chi connectivity index (χ0n) is 6.73. The fraction of sp³-hybridized carbons (Fsp3) is 0.286. The summed E-state index contributed by atoms with van der Waals surface area (Å²) in [6.45, 7) is 2.02. The molecule has 0 aliphatic carbocycles. The summed E-state index contributed by atoms with van der Waals surface area (Å²) in [5.74, 6) is 1.32. The summed E-state index contributed by atoms with van der Waals surface area (Å²) in [5.41, 5.74) is 6.22. The van der Waals surface area contributed by atoms with Crippen LogP contribution in [0.25, 0.3) is 5.65 Å². The van der Waals surface area contributed by atoms with Gasteiger partial charge in [0.05, 0.1) is 0 Å². The molecule has 0 aliphatic rings. The smallest absolute Gasteiger partial charge is 0.203 e. The normalized spacial score (nSPS) is 10.8. The molecule has 0 spiro atoms. The largest absolute Gasteiger partial charge is 0.381 e. The topological polar surface area (TPSA) is 69.1 Å². The van der Waals surface area contributed by atoms with E-state index in [0.717, 1.165) is 12.2 Å². The van der Waals surface area contributed by atoms with Gasteiger partial charge in [-0.25, -0.2) is 4.98 Å². The third-order valence-corrected chi connectivity index (χ3v) is 1.74. The molecule has 0 atom stereocenters. The molecule has 2 aromatic heterocycles. The number of fused-ring (bicyclic) bond motifs is 1. The van der Waals surface area contributed by atoms with Crippen molar-refractivity contribution in [2.24, 2.45) is 0 Å². The molecule has 0 unspecified atom stereocenters. The van der Waals surface area contributed by atoms with E-state index in [4.69, 9.17) is 5.73 Å². The summed E-state index contributed by atoms with van der Waals surface area (Å²) < 4.78 is 1.85. The first-order valence-electron chi connectivity index (χ1n) is 3.77. The van der Waals surface area contributed by atoms with E-state index in [0.29, 0.717) is 11.5 Å². The fourth-order valence-electron chi connectivity index (χ4n) is 1.13. The maximum absolute atomic E-state index is 5.59. The number of rotatable bonds is 1. The molecule has 0 aromatic carbocycles. The molecule has 2 N–H and O–H groups in total. The van der Waals surface area contributed by atoms with E-state index in [1.54, 1.807) is 6.20 Å². The van der Waals surface area contributed by atoms with Crippen LogP contribution in [0.4, 0.5) is 5.82 Å². The zero-order chi connectivity index (χ0) is 8.55. The second-order valence-electron chi connectivity index (χ2n) is 2.48. The number of nitrogens with two attached hydrogens (primary N) is 1. The predicted molar refractivity (Wildman–Crippen MR) is 44.6 cm³/mol. The molecule has 0 radical (unpaired) electrons. The Morgan fingerprint density at radius 2 is 2.33 bits per heavy atom. The van der Waals surface area contributed by atoms with Crippen molar-refractivity contribution < 1.29 is 0 Å². The van der Waals surface area contributed by atoms with Crippen LogP contribution in [0, 0.1) is 0 Å². The number of aromatic nitrogens is 4. The molecule has 0 aliphatic heterocycles. The van der Waals surface area contributed by atoms with Crippen molar-refractivity contribution in [3.8, 4) is 0 Å². The average Bonchev–Trinajstić information content (AvgIpc) is 2.49. The summed E-state index contributed by atoms with van der Waals surface area (Å²) in [4.78, 5) is 3.91. The molecule has 12 heavy (non-hydrogen) atoms. The van der Waals surface area contributed by atoms with Crippen LogP contribution < -0.4 is 5.73 Å². The Kier molecular flexibility index (Phi) is 1.43. The third kappa shape index (κ3) is 0.827. The van der Waals surface area contributed by atoms with Crippen molar-refractivity contribution in [1.82, 2.24) is 19.6 Å². The molecular formula is C7H9N5. The average molecular weight is 163 g/mol. The minimum Gasteiger partial charge on any atom is -0.381 e. The second kappa shape index (κ2) is 2.44. The van der Waals surface area contributed by atoms with E-state index in [1.807, 2.05) is 17.5 Å². The molecule has 0 saturated carbocycles. The van der Waals surface area contributed by atoms with E-state index in [-0.39, 0.29) is 0 Å². The maximum Gasteiger partial charge on any atom is 0.203 e. The predicted octanol–water partition coefficient (Wildman–Crippen LogP) is 0.269. The van der Waals surface area contributed by atoms with Crippen molar-refractivity contribution >= 4 is 11.5 Å². The lowest BCUT2D eigenvalue weighted by Crippen LogP contribution is -1.97. The SMILES string of the molecule is CCc1nnc2c(N)nccn12. The van der Waals surface area contributed by atoms with Crippen LogP contribution in [-0.4, -0.2) is 19.6 Å². The van der Waals surface area contributed by atoms with E-state index in [9.17, 15) is 0 Å². The van der Waals surface area contributed by atoms with Crippen LogP contribution in [-0.2, 0) is 6.42 Å². The highest BCUT2D eigenvalue weighted by atomic mass is 15.3. The molecular weight excluding hydrogens is 154 g/mol. The van der Waals surface area contributed by atoms with Crippen molar-refractivity contribution in [2.75, 3.05) is 5.73 Å². The van der Waals surface area contributed by atoms with Gasteiger partial charge in [-0.05, 0) is 0 Å². The number of nitrogens with zero attached hydrogens (tertiary/aromatic N) is 4. The molecule has 5 nitrogen and oxygen atoms in total. The molecule has 0 bridgehead atoms. The number of anilines is 1. The van der Waals surface area contributed by atoms with E-state index < -0.39 is 0 Å². The number of nitrogen functional groups attached to an aromatic ring is 1. The summed E-state index contributed by atoms with van der Waals surface area (Å²) in [6.07, 6.45) is 4.29. The van der Waals surface area contributed by atoms with Gasteiger partial charge in [-0.15, -0.1) is 10.2 Å². The molecule has 62 valence electrons. The quantitative estimate of drug-likeness (QED) is 0.655. The van der Waals surface area contributed by atoms with Crippen molar-refractivity contribution in [3.63, 3.8) is 0 Å². The third-order valence-electron chi connectivity index (χ3n) is 1.74. The van der Waals surface area contributed by atoms with Gasteiger partial charge in [-0.3, -0.25) is 4.40 Å². The standard InChI is InChI=1S/C7H9N5/c1-2-5-10-11-7-6(8)9-3-4-12(5)7/h3-4H,2H2,1H3,(H2,8,9). The van der Waals surface area contributed by atoms with Gasteiger partial charge in [0.2, 0.25) is 5.65 Å². The molecule has 2 rings (SSSR count). The van der Waals surface area contributed by atoms with Gasteiger partial charge in [0, 0.05) is 18.8 Å². The van der Waals surface area contributed by atoms with Gasteiger partial charge in [-0.2, -0.15) is 0 Å². The van der Waals surface area contributed by atoms with Crippen LogP contribution in [0.5, 0.6) is 0 Å². The van der Waals surface area contributed by atoms with Crippen molar-refractivity contribution in [2.45, 2.75) is 13.3 Å². The molecule has 2 aromatic rings. The first kappa shape index (κ1) is 7.02. The van der Waals surface area contributed by atoms with Crippen LogP contribution in [0.1, 0.15) is 12.7 Å². The lowest BCUT2D eigenvalue weighted by molar-refractivity contribution is 0.907.